The first kappa shape index (κ1) is 16.1. The van der Waals surface area contributed by atoms with E-state index >= 15 is 0 Å². The molecule has 1 unspecified atom stereocenters. The third kappa shape index (κ3) is 3.69. The molecule has 0 radical (unpaired) electrons. The second-order valence-electron chi connectivity index (χ2n) is 5.32. The maximum atomic E-state index is 11.8. The smallest absolute Gasteiger partial charge is 0.221 e. The topological polar surface area (TPSA) is 46.9 Å². The van der Waals surface area contributed by atoms with E-state index in [0.717, 1.165) is 16.9 Å². The molecule has 1 atom stereocenters. The number of aromatic nitrogens is 2. The third-order valence-electron chi connectivity index (χ3n) is 3.11. The minimum absolute atomic E-state index is 0.00655. The molecule has 1 amide bonds. The van der Waals surface area contributed by atoms with Crippen molar-refractivity contribution in [1.82, 2.24) is 14.9 Å². The molecule has 0 fully saturated rings. The average molecular weight is 328 g/mol. The van der Waals surface area contributed by atoms with Crippen LogP contribution in [-0.4, -0.2) is 21.5 Å². The van der Waals surface area contributed by atoms with Gasteiger partial charge in [0, 0.05) is 19.0 Å². The molecule has 1 heterocycles. The van der Waals surface area contributed by atoms with Gasteiger partial charge in [0.15, 0.2) is 0 Å². The van der Waals surface area contributed by atoms with Crippen molar-refractivity contribution in [2.24, 2.45) is 0 Å². The Morgan fingerprint density at radius 3 is 2.71 bits per heavy atom. The Labute approximate surface area is 134 Å². The Bertz CT molecular complexity index is 650. The summed E-state index contributed by atoms with van der Waals surface area (Å²) in [6.45, 7) is 6.24. The second kappa shape index (κ2) is 6.67. The van der Waals surface area contributed by atoms with Gasteiger partial charge >= 0.3 is 0 Å². The molecule has 0 aliphatic heterocycles. The van der Waals surface area contributed by atoms with E-state index in [1.807, 2.05) is 43.5 Å². The summed E-state index contributed by atoms with van der Waals surface area (Å²) in [5, 5.41) is 3.25. The number of carbonyl (C=O) groups excluding carboxylic acids is 1. The SMILES string of the molecule is CC(C)NC(=O)CCn1c(C(C)Cl)nc2cccc(Cl)c21. The molecule has 4 nitrogen and oxygen atoms in total. The monoisotopic (exact) mass is 327 g/mol. The fourth-order valence-corrected chi connectivity index (χ4v) is 2.74. The first-order valence-corrected chi connectivity index (χ1v) is 7.79. The van der Waals surface area contributed by atoms with Crippen LogP contribution in [0.4, 0.5) is 0 Å². The maximum absolute atomic E-state index is 11.8. The Hall–Kier alpha value is -1.26. The van der Waals surface area contributed by atoms with Crippen LogP contribution >= 0.6 is 23.2 Å². The summed E-state index contributed by atoms with van der Waals surface area (Å²) in [7, 11) is 0. The highest BCUT2D eigenvalue weighted by molar-refractivity contribution is 6.35. The van der Waals surface area contributed by atoms with Crippen LogP contribution in [0.1, 0.15) is 38.4 Å². The van der Waals surface area contributed by atoms with Crippen LogP contribution in [0.3, 0.4) is 0 Å². The number of hydrogen-bond acceptors (Lipinski definition) is 2. The number of amides is 1. The summed E-state index contributed by atoms with van der Waals surface area (Å²) in [5.41, 5.74) is 1.63. The Balaban J connectivity index is 2.32. The van der Waals surface area contributed by atoms with Crippen molar-refractivity contribution in [1.29, 1.82) is 0 Å². The summed E-state index contributed by atoms with van der Waals surface area (Å²) in [6.07, 6.45) is 0.367. The van der Waals surface area contributed by atoms with Gasteiger partial charge in [-0.3, -0.25) is 4.79 Å². The standard InChI is InChI=1S/C15H19Cl2N3O/c1-9(2)18-13(21)7-8-20-14-11(17)5-4-6-12(14)19-15(20)10(3)16/h4-6,9-10H,7-8H2,1-3H3,(H,18,21). The van der Waals surface area contributed by atoms with Gasteiger partial charge in [-0.25, -0.2) is 4.98 Å². The van der Waals surface area contributed by atoms with Gasteiger partial charge in [-0.1, -0.05) is 17.7 Å². The fraction of sp³-hybridized carbons (Fsp3) is 0.467. The normalized spacial score (nSPS) is 12.9. The molecule has 0 spiro atoms. The molecule has 2 rings (SSSR count). The van der Waals surface area contributed by atoms with Gasteiger partial charge in [0.2, 0.25) is 5.91 Å². The predicted octanol–water partition coefficient (Wildman–Crippen LogP) is 3.90. The number of nitrogens with zero attached hydrogens (tertiary/aromatic N) is 2. The maximum Gasteiger partial charge on any atom is 0.221 e. The summed E-state index contributed by atoms with van der Waals surface area (Å²) >= 11 is 12.5. The Morgan fingerprint density at radius 1 is 1.38 bits per heavy atom. The molecule has 114 valence electrons. The van der Waals surface area contributed by atoms with Gasteiger partial charge in [-0.15, -0.1) is 11.6 Å². The first-order chi connectivity index (χ1) is 9.90. The molecule has 0 bridgehead atoms. The zero-order valence-corrected chi connectivity index (χ0v) is 13.9. The van der Waals surface area contributed by atoms with Gasteiger partial charge in [0.1, 0.15) is 5.82 Å². The van der Waals surface area contributed by atoms with Gasteiger partial charge in [0.25, 0.3) is 0 Å². The largest absolute Gasteiger partial charge is 0.354 e. The van der Waals surface area contributed by atoms with E-state index in [1.54, 1.807) is 0 Å². The van der Waals surface area contributed by atoms with Crippen molar-refractivity contribution in [3.63, 3.8) is 0 Å². The van der Waals surface area contributed by atoms with Gasteiger partial charge < -0.3 is 9.88 Å². The molecule has 0 aliphatic rings. The highest BCUT2D eigenvalue weighted by atomic mass is 35.5. The van der Waals surface area contributed by atoms with Crippen LogP contribution in [-0.2, 0) is 11.3 Å². The lowest BCUT2D eigenvalue weighted by molar-refractivity contribution is -0.121. The molecule has 0 aliphatic carbocycles. The van der Waals surface area contributed by atoms with Gasteiger partial charge in [-0.2, -0.15) is 0 Å². The van der Waals surface area contributed by atoms with Crippen molar-refractivity contribution in [3.8, 4) is 0 Å². The summed E-state index contributed by atoms with van der Waals surface area (Å²) < 4.78 is 1.94. The average Bonchev–Trinajstić information content (AvgIpc) is 2.76. The summed E-state index contributed by atoms with van der Waals surface area (Å²) in [5.74, 6) is 0.740. The molecule has 21 heavy (non-hydrogen) atoms. The fourth-order valence-electron chi connectivity index (χ4n) is 2.30. The molecule has 1 N–H and O–H groups in total. The zero-order valence-electron chi connectivity index (χ0n) is 12.4. The van der Waals surface area contributed by atoms with Crippen LogP contribution in [0.2, 0.25) is 5.02 Å². The lowest BCUT2D eigenvalue weighted by Crippen LogP contribution is -2.30. The van der Waals surface area contributed by atoms with Crippen LogP contribution in [0, 0.1) is 0 Å². The quantitative estimate of drug-likeness (QED) is 0.846. The van der Waals surface area contributed by atoms with Crippen LogP contribution in [0.25, 0.3) is 11.0 Å². The van der Waals surface area contributed by atoms with E-state index in [-0.39, 0.29) is 17.3 Å². The van der Waals surface area contributed by atoms with Crippen molar-refractivity contribution < 1.29 is 4.79 Å². The van der Waals surface area contributed by atoms with E-state index in [1.165, 1.54) is 0 Å². The minimum Gasteiger partial charge on any atom is -0.354 e. The van der Waals surface area contributed by atoms with Gasteiger partial charge in [-0.05, 0) is 32.9 Å². The number of alkyl halides is 1. The van der Waals surface area contributed by atoms with E-state index in [9.17, 15) is 4.79 Å². The highest BCUT2D eigenvalue weighted by Crippen LogP contribution is 2.29. The number of rotatable bonds is 5. The van der Waals surface area contributed by atoms with E-state index in [4.69, 9.17) is 23.2 Å². The van der Waals surface area contributed by atoms with Crippen molar-refractivity contribution >= 4 is 40.1 Å². The van der Waals surface area contributed by atoms with Crippen LogP contribution < -0.4 is 5.32 Å². The number of carbonyl (C=O) groups is 1. The zero-order chi connectivity index (χ0) is 15.6. The van der Waals surface area contributed by atoms with E-state index in [2.05, 4.69) is 10.3 Å². The Morgan fingerprint density at radius 2 is 2.10 bits per heavy atom. The van der Waals surface area contributed by atoms with E-state index < -0.39 is 0 Å². The number of para-hydroxylation sites is 1. The van der Waals surface area contributed by atoms with Crippen molar-refractivity contribution in [3.05, 3.63) is 29.0 Å². The molecule has 1 aromatic carbocycles. The molecular weight excluding hydrogens is 309 g/mol. The molecule has 1 aromatic heterocycles. The molecular formula is C15H19Cl2N3O. The molecule has 2 aromatic rings. The van der Waals surface area contributed by atoms with Gasteiger partial charge in [0.05, 0.1) is 21.4 Å². The molecule has 6 heteroatoms. The van der Waals surface area contributed by atoms with Crippen molar-refractivity contribution in [2.75, 3.05) is 0 Å². The predicted molar refractivity (Wildman–Crippen MR) is 86.9 cm³/mol. The highest BCUT2D eigenvalue weighted by Gasteiger charge is 2.17. The summed E-state index contributed by atoms with van der Waals surface area (Å²) in [6, 6.07) is 5.70. The number of fused-ring (bicyclic) bond motifs is 1. The third-order valence-corrected chi connectivity index (χ3v) is 3.62. The minimum atomic E-state index is -0.248. The number of hydrogen-bond donors (Lipinski definition) is 1. The number of aryl methyl sites for hydroxylation is 1. The number of halogens is 2. The van der Waals surface area contributed by atoms with E-state index in [0.29, 0.717) is 18.0 Å². The number of imidazole rings is 1. The summed E-state index contributed by atoms with van der Waals surface area (Å²) in [4.78, 5) is 16.4. The number of benzene rings is 1. The lowest BCUT2D eigenvalue weighted by Gasteiger charge is -2.12. The van der Waals surface area contributed by atoms with Crippen LogP contribution in [0.15, 0.2) is 18.2 Å². The van der Waals surface area contributed by atoms with Crippen LogP contribution in [0.5, 0.6) is 0 Å². The van der Waals surface area contributed by atoms with Crippen molar-refractivity contribution in [2.45, 2.75) is 45.2 Å². The Kier molecular flexibility index (Phi) is 5.12. The molecule has 0 saturated carbocycles. The first-order valence-electron chi connectivity index (χ1n) is 6.98. The molecule has 0 saturated heterocycles. The number of nitrogens with one attached hydrogen (secondary N) is 1. The lowest BCUT2D eigenvalue weighted by atomic mass is 10.3. The second-order valence-corrected chi connectivity index (χ2v) is 6.38.